The minimum Gasteiger partial charge on any atom is -0.122 e. The molecule has 0 unspecified atom stereocenters. The highest BCUT2D eigenvalue weighted by molar-refractivity contribution is 6.48. The van der Waals surface area contributed by atoms with Crippen LogP contribution in [0.4, 0.5) is 0 Å². The van der Waals surface area contributed by atoms with Crippen molar-refractivity contribution in [1.82, 2.24) is 0 Å². The molecular formula is C8H5Cl5. The van der Waals surface area contributed by atoms with Gasteiger partial charge in [0.15, 0.2) is 0 Å². The maximum absolute atomic E-state index is 5.92. The second-order valence-corrected chi connectivity index (χ2v) is 4.09. The summed E-state index contributed by atoms with van der Waals surface area (Å²) in [6.45, 7) is 0. The quantitative estimate of drug-likeness (QED) is 0.520. The molecule has 0 fully saturated rings. The maximum atomic E-state index is 5.92. The molecule has 0 saturated carbocycles. The summed E-state index contributed by atoms with van der Waals surface area (Å²) >= 11 is 28.9. The summed E-state index contributed by atoms with van der Waals surface area (Å²) in [5, 5.41) is 1.11. The lowest BCUT2D eigenvalue weighted by molar-refractivity contribution is 1.27. The van der Waals surface area contributed by atoms with Gasteiger partial charge in [-0.15, -0.1) is 23.2 Å². The van der Waals surface area contributed by atoms with Crippen molar-refractivity contribution in [3.8, 4) is 0 Å². The first-order valence-corrected chi connectivity index (χ1v) is 5.59. The summed E-state index contributed by atoms with van der Waals surface area (Å²) in [5.41, 5.74) is 1.56. The van der Waals surface area contributed by atoms with E-state index in [1.807, 2.05) is 0 Å². The van der Waals surface area contributed by atoms with Gasteiger partial charge in [-0.3, -0.25) is 0 Å². The first kappa shape index (κ1) is 11.7. The fourth-order valence-electron chi connectivity index (χ4n) is 0.945. The Morgan fingerprint density at radius 3 is 2.00 bits per heavy atom. The van der Waals surface area contributed by atoms with Crippen LogP contribution in [-0.4, -0.2) is 0 Å². The van der Waals surface area contributed by atoms with Crippen molar-refractivity contribution < 1.29 is 0 Å². The van der Waals surface area contributed by atoms with E-state index in [2.05, 4.69) is 0 Å². The summed E-state index contributed by atoms with van der Waals surface area (Å²) in [5.74, 6) is 0.594. The van der Waals surface area contributed by atoms with Crippen molar-refractivity contribution in [3.05, 3.63) is 32.3 Å². The van der Waals surface area contributed by atoms with Gasteiger partial charge in [0.1, 0.15) is 0 Å². The molecule has 0 amide bonds. The largest absolute Gasteiger partial charge is 0.122 e. The molecule has 0 bridgehead atoms. The number of hydrogen-bond donors (Lipinski definition) is 0. The molecule has 0 aliphatic heterocycles. The van der Waals surface area contributed by atoms with Crippen LogP contribution in [0.25, 0.3) is 0 Å². The molecule has 0 aliphatic rings. The normalized spacial score (nSPS) is 10.5. The minimum atomic E-state index is 0.276. The van der Waals surface area contributed by atoms with Crippen LogP contribution in [0.3, 0.4) is 0 Å². The number of halogens is 5. The third-order valence-corrected chi connectivity index (χ3v) is 3.49. The smallest absolute Gasteiger partial charge is 0.0781 e. The van der Waals surface area contributed by atoms with Crippen molar-refractivity contribution in [1.29, 1.82) is 0 Å². The predicted molar refractivity (Wildman–Crippen MR) is 60.6 cm³/mol. The second kappa shape index (κ2) is 4.95. The van der Waals surface area contributed by atoms with Crippen LogP contribution in [0.15, 0.2) is 6.07 Å². The lowest BCUT2D eigenvalue weighted by Crippen LogP contribution is -1.91. The van der Waals surface area contributed by atoms with E-state index < -0.39 is 0 Å². The molecule has 0 heterocycles. The predicted octanol–water partition coefficient (Wildman–Crippen LogP) is 5.12. The van der Waals surface area contributed by atoms with Gasteiger partial charge in [-0.2, -0.15) is 0 Å². The minimum absolute atomic E-state index is 0.276. The molecule has 13 heavy (non-hydrogen) atoms. The van der Waals surface area contributed by atoms with Crippen molar-refractivity contribution >= 4 is 58.0 Å². The van der Waals surface area contributed by atoms with Crippen molar-refractivity contribution in [2.75, 3.05) is 0 Å². The van der Waals surface area contributed by atoms with Gasteiger partial charge in [-0.25, -0.2) is 0 Å². The molecule has 0 N–H and O–H groups in total. The van der Waals surface area contributed by atoms with Gasteiger partial charge in [0, 0.05) is 11.8 Å². The zero-order valence-corrected chi connectivity index (χ0v) is 10.2. The Balaban J connectivity index is 3.39. The average Bonchev–Trinajstić information content (AvgIpc) is 2.13. The third kappa shape index (κ3) is 2.37. The van der Waals surface area contributed by atoms with Crippen LogP contribution in [0, 0.1) is 0 Å². The maximum Gasteiger partial charge on any atom is 0.0781 e. The molecule has 5 heteroatoms. The van der Waals surface area contributed by atoms with E-state index in [1.165, 1.54) is 0 Å². The van der Waals surface area contributed by atoms with Crippen LogP contribution >= 0.6 is 58.0 Å². The topological polar surface area (TPSA) is 0 Å². The van der Waals surface area contributed by atoms with Crippen LogP contribution < -0.4 is 0 Å². The molecular weight excluding hydrogens is 273 g/mol. The highest BCUT2D eigenvalue weighted by Gasteiger charge is 2.12. The molecule has 0 spiro atoms. The summed E-state index contributed by atoms with van der Waals surface area (Å²) in [6, 6.07) is 1.68. The lowest BCUT2D eigenvalue weighted by Gasteiger charge is -2.09. The summed E-state index contributed by atoms with van der Waals surface area (Å²) in [4.78, 5) is 0. The van der Waals surface area contributed by atoms with E-state index in [4.69, 9.17) is 58.0 Å². The van der Waals surface area contributed by atoms with Crippen LogP contribution in [0.5, 0.6) is 0 Å². The van der Waals surface area contributed by atoms with E-state index in [0.29, 0.717) is 20.9 Å². The number of rotatable bonds is 2. The Morgan fingerprint density at radius 1 is 0.923 bits per heavy atom. The highest BCUT2D eigenvalue weighted by atomic mass is 35.5. The first-order valence-electron chi connectivity index (χ1n) is 3.39. The monoisotopic (exact) mass is 276 g/mol. The van der Waals surface area contributed by atoms with E-state index in [1.54, 1.807) is 6.07 Å². The molecule has 0 aromatic heterocycles. The summed E-state index contributed by atoms with van der Waals surface area (Å²) in [6.07, 6.45) is 0. The molecule has 72 valence electrons. The molecule has 1 rings (SSSR count). The van der Waals surface area contributed by atoms with Gasteiger partial charge >= 0.3 is 0 Å². The Hall–Kier alpha value is 0.670. The molecule has 0 radical (unpaired) electrons. The Bertz CT molecular complexity index is 321. The molecule has 0 nitrogen and oxygen atoms in total. The van der Waals surface area contributed by atoms with E-state index in [9.17, 15) is 0 Å². The van der Waals surface area contributed by atoms with Crippen molar-refractivity contribution in [2.45, 2.75) is 11.8 Å². The third-order valence-electron chi connectivity index (χ3n) is 1.63. The zero-order valence-electron chi connectivity index (χ0n) is 6.38. The average molecular weight is 278 g/mol. The Kier molecular flexibility index (Phi) is 4.47. The van der Waals surface area contributed by atoms with Gasteiger partial charge in [-0.05, 0) is 17.2 Å². The number of hydrogen-bond acceptors (Lipinski definition) is 0. The fourth-order valence-corrected chi connectivity index (χ4v) is 2.29. The van der Waals surface area contributed by atoms with Gasteiger partial charge in [0.25, 0.3) is 0 Å². The molecule has 1 aromatic rings. The number of alkyl halides is 2. The Labute approximate surface area is 102 Å². The molecule has 0 atom stereocenters. The van der Waals surface area contributed by atoms with Crippen molar-refractivity contribution in [3.63, 3.8) is 0 Å². The van der Waals surface area contributed by atoms with Gasteiger partial charge in [-0.1, -0.05) is 34.8 Å². The fraction of sp³-hybridized carbons (Fsp3) is 0.250. The number of benzene rings is 1. The highest BCUT2D eigenvalue weighted by Crippen LogP contribution is 2.36. The van der Waals surface area contributed by atoms with Gasteiger partial charge in [0.2, 0.25) is 0 Å². The Morgan fingerprint density at radius 2 is 1.54 bits per heavy atom. The zero-order chi connectivity index (χ0) is 10.0. The van der Waals surface area contributed by atoms with Crippen molar-refractivity contribution in [2.24, 2.45) is 0 Å². The van der Waals surface area contributed by atoms with E-state index in [-0.39, 0.29) is 5.88 Å². The standard InChI is InChI=1S/C8H5Cl5/c9-2-4-1-6(11)8(13)7(12)5(4)3-10/h1H,2-3H2. The van der Waals surface area contributed by atoms with Gasteiger partial charge < -0.3 is 0 Å². The molecule has 0 aliphatic carbocycles. The SMILES string of the molecule is ClCc1cc(Cl)c(Cl)c(Cl)c1CCl. The van der Waals surface area contributed by atoms with E-state index in [0.717, 1.165) is 11.1 Å². The van der Waals surface area contributed by atoms with E-state index >= 15 is 0 Å². The summed E-state index contributed by atoms with van der Waals surface area (Å²) < 4.78 is 0. The van der Waals surface area contributed by atoms with Crippen LogP contribution in [0.1, 0.15) is 11.1 Å². The first-order chi connectivity index (χ1) is 6.11. The second-order valence-electron chi connectivity index (χ2n) is 2.39. The molecule has 1 aromatic carbocycles. The van der Waals surface area contributed by atoms with Crippen LogP contribution in [-0.2, 0) is 11.8 Å². The lowest BCUT2D eigenvalue weighted by atomic mass is 10.1. The van der Waals surface area contributed by atoms with Gasteiger partial charge in [0.05, 0.1) is 15.1 Å². The van der Waals surface area contributed by atoms with Crippen LogP contribution in [0.2, 0.25) is 15.1 Å². The molecule has 0 saturated heterocycles. The summed E-state index contributed by atoms with van der Waals surface area (Å²) in [7, 11) is 0.